The van der Waals surface area contributed by atoms with Gasteiger partial charge in [0, 0.05) is 10.1 Å². The van der Waals surface area contributed by atoms with E-state index in [-0.39, 0.29) is 0 Å². The van der Waals surface area contributed by atoms with Gasteiger partial charge in [0.25, 0.3) is 0 Å². The summed E-state index contributed by atoms with van der Waals surface area (Å²) in [6.07, 6.45) is 0.899. The molecule has 0 radical (unpaired) electrons. The molecule has 1 aliphatic rings. The number of thioether (sulfide) groups is 1. The molecule has 2 unspecified atom stereocenters. The van der Waals surface area contributed by atoms with Crippen molar-refractivity contribution < 1.29 is 5.11 Å². The molecular weight excluding hydrogens is 200 g/mol. The Bertz CT molecular complexity index is 308. The standard InChI is InChI=1S/C10H14OS2/c1-7-9(3-5-12-7)10(11)4-6-13-8(10)2/h3,5,8,11H,4,6H2,1-2H3. The summed E-state index contributed by atoms with van der Waals surface area (Å²) in [6.45, 7) is 4.21. The van der Waals surface area contributed by atoms with Crippen LogP contribution in [0, 0.1) is 6.92 Å². The van der Waals surface area contributed by atoms with Gasteiger partial charge in [-0.2, -0.15) is 11.8 Å². The maximum Gasteiger partial charge on any atom is 0.103 e. The van der Waals surface area contributed by atoms with E-state index >= 15 is 0 Å². The number of hydrogen-bond donors (Lipinski definition) is 1. The van der Waals surface area contributed by atoms with Crippen LogP contribution in [0.25, 0.3) is 0 Å². The third-order valence-electron chi connectivity index (χ3n) is 2.85. The molecule has 1 aromatic rings. The van der Waals surface area contributed by atoms with Crippen LogP contribution in [-0.4, -0.2) is 16.1 Å². The van der Waals surface area contributed by atoms with E-state index in [1.54, 1.807) is 11.3 Å². The van der Waals surface area contributed by atoms with Gasteiger partial charge in [0.15, 0.2) is 0 Å². The van der Waals surface area contributed by atoms with Crippen LogP contribution >= 0.6 is 23.1 Å². The van der Waals surface area contributed by atoms with Gasteiger partial charge in [0.05, 0.1) is 0 Å². The molecule has 0 saturated carbocycles. The Balaban J connectivity index is 2.39. The van der Waals surface area contributed by atoms with Crippen LogP contribution in [0.5, 0.6) is 0 Å². The van der Waals surface area contributed by atoms with Gasteiger partial charge in [-0.25, -0.2) is 0 Å². The molecule has 0 spiro atoms. The Morgan fingerprint density at radius 1 is 1.62 bits per heavy atom. The van der Waals surface area contributed by atoms with E-state index in [4.69, 9.17) is 0 Å². The average Bonchev–Trinajstić information content (AvgIpc) is 2.62. The molecule has 72 valence electrons. The van der Waals surface area contributed by atoms with E-state index < -0.39 is 5.60 Å². The molecular formula is C10H14OS2. The van der Waals surface area contributed by atoms with Crippen molar-refractivity contribution in [3.63, 3.8) is 0 Å². The molecule has 0 amide bonds. The highest BCUT2D eigenvalue weighted by atomic mass is 32.2. The maximum atomic E-state index is 10.5. The molecule has 13 heavy (non-hydrogen) atoms. The van der Waals surface area contributed by atoms with E-state index in [0.717, 1.165) is 17.7 Å². The smallest absolute Gasteiger partial charge is 0.103 e. The molecule has 1 N–H and O–H groups in total. The van der Waals surface area contributed by atoms with E-state index in [1.165, 1.54) is 4.88 Å². The Kier molecular flexibility index (Phi) is 2.43. The maximum absolute atomic E-state index is 10.5. The molecule has 0 aromatic carbocycles. The fourth-order valence-electron chi connectivity index (χ4n) is 1.92. The summed E-state index contributed by atoms with van der Waals surface area (Å²) in [5, 5.41) is 12.9. The topological polar surface area (TPSA) is 20.2 Å². The predicted octanol–water partition coefficient (Wildman–Crippen LogP) is 2.77. The van der Waals surface area contributed by atoms with Gasteiger partial charge in [0.1, 0.15) is 5.60 Å². The molecule has 0 aliphatic carbocycles. The minimum Gasteiger partial charge on any atom is -0.384 e. The summed E-state index contributed by atoms with van der Waals surface area (Å²) in [5.41, 5.74) is 0.587. The molecule has 1 nitrogen and oxygen atoms in total. The van der Waals surface area contributed by atoms with Crippen molar-refractivity contribution in [3.05, 3.63) is 21.9 Å². The Morgan fingerprint density at radius 3 is 2.85 bits per heavy atom. The summed E-state index contributed by atoms with van der Waals surface area (Å²) in [6, 6.07) is 2.07. The summed E-state index contributed by atoms with van der Waals surface area (Å²) < 4.78 is 0. The van der Waals surface area contributed by atoms with Crippen molar-refractivity contribution in [1.82, 2.24) is 0 Å². The normalized spacial score (nSPS) is 33.9. The highest BCUT2D eigenvalue weighted by molar-refractivity contribution is 8.00. The van der Waals surface area contributed by atoms with Crippen LogP contribution in [0.15, 0.2) is 11.4 Å². The Morgan fingerprint density at radius 2 is 2.38 bits per heavy atom. The number of rotatable bonds is 1. The second-order valence-corrected chi connectivity index (χ2v) is 6.15. The first-order valence-corrected chi connectivity index (χ1v) is 6.46. The average molecular weight is 214 g/mol. The highest BCUT2D eigenvalue weighted by Gasteiger charge is 2.41. The summed E-state index contributed by atoms with van der Waals surface area (Å²) in [4.78, 5) is 1.26. The first kappa shape index (κ1) is 9.56. The van der Waals surface area contributed by atoms with E-state index in [2.05, 4.69) is 25.3 Å². The zero-order valence-corrected chi connectivity index (χ0v) is 9.54. The van der Waals surface area contributed by atoms with E-state index in [1.807, 2.05) is 11.8 Å². The number of aryl methyl sites for hydroxylation is 1. The van der Waals surface area contributed by atoms with Gasteiger partial charge < -0.3 is 5.11 Å². The summed E-state index contributed by atoms with van der Waals surface area (Å²) in [7, 11) is 0. The third kappa shape index (κ3) is 1.43. The van der Waals surface area contributed by atoms with Gasteiger partial charge >= 0.3 is 0 Å². The zero-order chi connectivity index (χ0) is 9.47. The monoisotopic (exact) mass is 214 g/mol. The van der Waals surface area contributed by atoms with Crippen LogP contribution in [0.1, 0.15) is 23.8 Å². The molecule has 1 saturated heterocycles. The van der Waals surface area contributed by atoms with Crippen molar-refractivity contribution in [2.45, 2.75) is 31.1 Å². The molecule has 2 heterocycles. The first-order chi connectivity index (χ1) is 6.14. The number of thiophene rings is 1. The Labute approximate surface area is 87.2 Å². The van der Waals surface area contributed by atoms with Crippen molar-refractivity contribution in [3.8, 4) is 0 Å². The molecule has 1 aliphatic heterocycles. The lowest BCUT2D eigenvalue weighted by Gasteiger charge is -2.27. The minimum absolute atomic E-state index is 0.334. The number of hydrogen-bond acceptors (Lipinski definition) is 3. The van der Waals surface area contributed by atoms with Gasteiger partial charge in [-0.05, 0) is 36.1 Å². The lowest BCUT2D eigenvalue weighted by molar-refractivity contribution is 0.0426. The first-order valence-electron chi connectivity index (χ1n) is 4.53. The SMILES string of the molecule is Cc1sccc1C1(O)CCSC1C. The van der Waals surface area contributed by atoms with Gasteiger partial charge in [0.2, 0.25) is 0 Å². The molecule has 2 atom stereocenters. The van der Waals surface area contributed by atoms with Crippen molar-refractivity contribution in [2.24, 2.45) is 0 Å². The van der Waals surface area contributed by atoms with Crippen molar-refractivity contribution in [2.75, 3.05) is 5.75 Å². The molecule has 3 heteroatoms. The lowest BCUT2D eigenvalue weighted by atomic mass is 9.89. The van der Waals surface area contributed by atoms with Gasteiger partial charge in [-0.1, -0.05) is 6.92 Å². The molecule has 1 aromatic heterocycles. The Hall–Kier alpha value is 0.01000. The molecule has 1 fully saturated rings. The van der Waals surface area contributed by atoms with Crippen LogP contribution < -0.4 is 0 Å². The number of aliphatic hydroxyl groups is 1. The van der Waals surface area contributed by atoms with Crippen molar-refractivity contribution in [1.29, 1.82) is 0 Å². The quantitative estimate of drug-likeness (QED) is 0.775. The molecule has 2 rings (SSSR count). The third-order valence-corrected chi connectivity index (χ3v) is 5.02. The van der Waals surface area contributed by atoms with Crippen LogP contribution in [0.3, 0.4) is 0 Å². The fraction of sp³-hybridized carbons (Fsp3) is 0.600. The van der Waals surface area contributed by atoms with Crippen LogP contribution in [0.2, 0.25) is 0 Å². The summed E-state index contributed by atoms with van der Waals surface area (Å²) >= 11 is 3.59. The molecule has 0 bridgehead atoms. The predicted molar refractivity (Wildman–Crippen MR) is 59.5 cm³/mol. The minimum atomic E-state index is -0.561. The van der Waals surface area contributed by atoms with Crippen molar-refractivity contribution >= 4 is 23.1 Å². The summed E-state index contributed by atoms with van der Waals surface area (Å²) in [5.74, 6) is 1.08. The van der Waals surface area contributed by atoms with Gasteiger partial charge in [-0.3, -0.25) is 0 Å². The fourth-order valence-corrected chi connectivity index (χ4v) is 4.00. The highest BCUT2D eigenvalue weighted by Crippen LogP contribution is 2.44. The largest absolute Gasteiger partial charge is 0.384 e. The van der Waals surface area contributed by atoms with Crippen LogP contribution in [-0.2, 0) is 5.60 Å². The van der Waals surface area contributed by atoms with E-state index in [0.29, 0.717) is 5.25 Å². The van der Waals surface area contributed by atoms with Gasteiger partial charge in [-0.15, -0.1) is 11.3 Å². The zero-order valence-electron chi connectivity index (χ0n) is 7.91. The second-order valence-electron chi connectivity index (χ2n) is 3.58. The lowest BCUT2D eigenvalue weighted by Crippen LogP contribution is -2.31. The second kappa shape index (κ2) is 3.30. The van der Waals surface area contributed by atoms with Crippen LogP contribution in [0.4, 0.5) is 0 Å². The van der Waals surface area contributed by atoms with E-state index in [9.17, 15) is 5.11 Å².